The first kappa shape index (κ1) is 27.4. The summed E-state index contributed by atoms with van der Waals surface area (Å²) in [6.07, 6.45) is 0. The third-order valence-electron chi connectivity index (χ3n) is 5.74. The van der Waals surface area contributed by atoms with Crippen LogP contribution < -0.4 is 28.6 Å². The summed E-state index contributed by atoms with van der Waals surface area (Å²) in [5.74, 6) is 0.832. The normalized spacial score (nSPS) is 14.1. The van der Waals surface area contributed by atoms with Crippen molar-refractivity contribution in [3.63, 3.8) is 0 Å². The molecular weight excluding hydrogens is 490 g/mol. The van der Waals surface area contributed by atoms with E-state index in [0.717, 1.165) is 17.4 Å². The van der Waals surface area contributed by atoms with Gasteiger partial charge in [0.2, 0.25) is 5.91 Å². The summed E-state index contributed by atoms with van der Waals surface area (Å²) in [7, 11) is 1.53. The Morgan fingerprint density at radius 2 is 1.61 bits per heavy atom. The van der Waals surface area contributed by atoms with Crippen LogP contribution in [0.15, 0.2) is 41.3 Å². The van der Waals surface area contributed by atoms with Crippen molar-refractivity contribution in [2.45, 2.75) is 4.90 Å². The molecule has 0 bridgehead atoms. The average molecular weight is 524 g/mol. The predicted molar refractivity (Wildman–Crippen MR) is 134 cm³/mol. The van der Waals surface area contributed by atoms with E-state index in [1.54, 1.807) is 12.1 Å². The van der Waals surface area contributed by atoms with E-state index < -0.39 is 22.5 Å². The number of nitrogens with zero attached hydrogens (tertiary/aromatic N) is 2. The molecule has 0 spiro atoms. The summed E-state index contributed by atoms with van der Waals surface area (Å²) >= 11 is 0. The molecule has 0 atom stereocenters. The highest BCUT2D eigenvalue weighted by molar-refractivity contribution is 7.92. The maximum absolute atomic E-state index is 13.9. The minimum atomic E-state index is -4.24. The van der Waals surface area contributed by atoms with Crippen molar-refractivity contribution in [1.82, 2.24) is 10.2 Å². The second-order valence-electron chi connectivity index (χ2n) is 7.87. The lowest BCUT2D eigenvalue weighted by atomic mass is 10.2. The largest absolute Gasteiger partial charge is 0.497 e. The smallest absolute Gasteiger partial charge is 0.265 e. The Morgan fingerprint density at radius 1 is 0.944 bits per heavy atom. The standard InChI is InChI=1S/C24H33N3O8S/c1-31-18-5-7-21(32-2)20(15-18)27(17-24(28)25-9-10-26-11-13-35-14-12-26)36(29,30)19-6-8-22(33-3)23(16-19)34-4/h5-8,15-16H,9-14,17H2,1-4H3,(H,25,28). The zero-order chi connectivity index (χ0) is 26.1. The Morgan fingerprint density at radius 3 is 2.25 bits per heavy atom. The number of ether oxygens (including phenoxy) is 5. The van der Waals surface area contributed by atoms with Crippen molar-refractivity contribution in [3.05, 3.63) is 36.4 Å². The highest BCUT2D eigenvalue weighted by Gasteiger charge is 2.31. The zero-order valence-corrected chi connectivity index (χ0v) is 21.8. The lowest BCUT2D eigenvalue weighted by molar-refractivity contribution is -0.119. The SMILES string of the molecule is COc1ccc(OC)c(N(CC(=O)NCCN2CCOCC2)S(=O)(=O)c2ccc(OC)c(OC)c2)c1. The molecule has 2 aromatic carbocycles. The van der Waals surface area contributed by atoms with Crippen molar-refractivity contribution < 1.29 is 36.9 Å². The van der Waals surface area contributed by atoms with E-state index in [-0.39, 0.29) is 22.1 Å². The number of benzene rings is 2. The molecule has 11 nitrogen and oxygen atoms in total. The van der Waals surface area contributed by atoms with E-state index in [2.05, 4.69) is 10.2 Å². The molecular formula is C24H33N3O8S. The Balaban J connectivity index is 1.92. The van der Waals surface area contributed by atoms with Gasteiger partial charge in [-0.3, -0.25) is 14.0 Å². The number of carbonyl (C=O) groups excluding carboxylic acids is 1. The van der Waals surface area contributed by atoms with Gasteiger partial charge in [-0.2, -0.15) is 0 Å². The van der Waals surface area contributed by atoms with Crippen LogP contribution in [0, 0.1) is 0 Å². The highest BCUT2D eigenvalue weighted by atomic mass is 32.2. The average Bonchev–Trinajstić information content (AvgIpc) is 2.91. The Hall–Kier alpha value is -3.22. The minimum Gasteiger partial charge on any atom is -0.497 e. The summed E-state index contributed by atoms with van der Waals surface area (Å²) in [5.41, 5.74) is 0.162. The van der Waals surface area contributed by atoms with Crippen molar-refractivity contribution in [2.24, 2.45) is 0 Å². The molecule has 12 heteroatoms. The fourth-order valence-electron chi connectivity index (χ4n) is 3.76. The topological polar surface area (TPSA) is 116 Å². The van der Waals surface area contributed by atoms with E-state index in [4.69, 9.17) is 23.7 Å². The van der Waals surface area contributed by atoms with E-state index in [1.165, 1.54) is 52.7 Å². The number of hydrogen-bond acceptors (Lipinski definition) is 9. The maximum atomic E-state index is 13.9. The zero-order valence-electron chi connectivity index (χ0n) is 21.0. The number of nitrogens with one attached hydrogen (secondary N) is 1. The van der Waals surface area contributed by atoms with Gasteiger partial charge in [0.15, 0.2) is 11.5 Å². The van der Waals surface area contributed by atoms with E-state index in [0.29, 0.717) is 37.8 Å². The van der Waals surface area contributed by atoms with Gasteiger partial charge in [-0.05, 0) is 24.3 Å². The molecule has 0 saturated carbocycles. The molecule has 1 N–H and O–H groups in total. The van der Waals surface area contributed by atoms with Gasteiger partial charge in [0, 0.05) is 38.3 Å². The molecule has 2 aromatic rings. The quantitative estimate of drug-likeness (QED) is 0.440. The number of hydrogen-bond donors (Lipinski definition) is 1. The number of amides is 1. The Kier molecular flexibility index (Phi) is 9.62. The van der Waals surface area contributed by atoms with E-state index in [1.807, 2.05) is 0 Å². The number of methoxy groups -OCH3 is 4. The van der Waals surface area contributed by atoms with Gasteiger partial charge < -0.3 is 29.0 Å². The first-order valence-corrected chi connectivity index (χ1v) is 12.8. The highest BCUT2D eigenvalue weighted by Crippen LogP contribution is 2.37. The van der Waals surface area contributed by atoms with Crippen LogP contribution in [0.5, 0.6) is 23.0 Å². The molecule has 0 aliphatic carbocycles. The van der Waals surface area contributed by atoms with Gasteiger partial charge in [0.1, 0.15) is 18.0 Å². The number of rotatable bonds is 12. The van der Waals surface area contributed by atoms with Crippen LogP contribution in [-0.2, 0) is 19.6 Å². The number of sulfonamides is 1. The molecule has 0 aromatic heterocycles. The van der Waals surface area contributed by atoms with Crippen molar-refractivity contribution in [2.75, 3.05) is 78.7 Å². The molecule has 1 fully saturated rings. The van der Waals surface area contributed by atoms with E-state index >= 15 is 0 Å². The maximum Gasteiger partial charge on any atom is 0.265 e. The monoisotopic (exact) mass is 523 g/mol. The predicted octanol–water partition coefficient (Wildman–Crippen LogP) is 1.36. The second kappa shape index (κ2) is 12.7. The summed E-state index contributed by atoms with van der Waals surface area (Å²) in [5, 5.41) is 2.82. The lowest BCUT2D eigenvalue weighted by Gasteiger charge is -2.28. The lowest BCUT2D eigenvalue weighted by Crippen LogP contribution is -2.45. The first-order chi connectivity index (χ1) is 17.3. The molecule has 198 valence electrons. The van der Waals surface area contributed by atoms with Crippen LogP contribution >= 0.6 is 0 Å². The van der Waals surface area contributed by atoms with Crippen LogP contribution in [0.25, 0.3) is 0 Å². The van der Waals surface area contributed by atoms with Crippen molar-refractivity contribution >= 4 is 21.6 Å². The van der Waals surface area contributed by atoms with Gasteiger partial charge in [0.05, 0.1) is 52.2 Å². The van der Waals surface area contributed by atoms with Gasteiger partial charge >= 0.3 is 0 Å². The second-order valence-corrected chi connectivity index (χ2v) is 9.73. The molecule has 1 heterocycles. The minimum absolute atomic E-state index is 0.0776. The van der Waals surface area contributed by atoms with Crippen LogP contribution in [0.2, 0.25) is 0 Å². The van der Waals surface area contributed by atoms with E-state index in [9.17, 15) is 13.2 Å². The molecule has 36 heavy (non-hydrogen) atoms. The summed E-state index contributed by atoms with van der Waals surface area (Å²) in [6, 6.07) is 8.98. The summed E-state index contributed by atoms with van der Waals surface area (Å²) < 4.78 is 55.3. The molecule has 1 aliphatic rings. The molecule has 1 aliphatic heterocycles. The third kappa shape index (κ3) is 6.50. The summed E-state index contributed by atoms with van der Waals surface area (Å²) in [4.78, 5) is 15.0. The number of carbonyl (C=O) groups is 1. The molecule has 3 rings (SSSR count). The Labute approximate surface area is 211 Å². The van der Waals surface area contributed by atoms with Crippen LogP contribution in [0.1, 0.15) is 0 Å². The molecule has 0 unspecified atom stereocenters. The third-order valence-corrected chi connectivity index (χ3v) is 7.49. The van der Waals surface area contributed by atoms with Crippen LogP contribution in [-0.4, -0.2) is 93.6 Å². The fourth-order valence-corrected chi connectivity index (χ4v) is 5.20. The van der Waals surface area contributed by atoms with Crippen LogP contribution in [0.3, 0.4) is 0 Å². The van der Waals surface area contributed by atoms with Crippen molar-refractivity contribution in [1.29, 1.82) is 0 Å². The fraction of sp³-hybridized carbons (Fsp3) is 0.458. The molecule has 0 radical (unpaired) electrons. The van der Waals surface area contributed by atoms with Crippen LogP contribution in [0.4, 0.5) is 5.69 Å². The van der Waals surface area contributed by atoms with Gasteiger partial charge in [0.25, 0.3) is 10.0 Å². The number of morpholine rings is 1. The molecule has 1 amide bonds. The van der Waals surface area contributed by atoms with Gasteiger partial charge in [-0.25, -0.2) is 8.42 Å². The first-order valence-electron chi connectivity index (χ1n) is 11.4. The molecule has 1 saturated heterocycles. The van der Waals surface area contributed by atoms with Gasteiger partial charge in [-0.1, -0.05) is 0 Å². The summed E-state index contributed by atoms with van der Waals surface area (Å²) in [6.45, 7) is 3.43. The Bertz CT molecular complexity index is 1140. The number of anilines is 1. The van der Waals surface area contributed by atoms with Gasteiger partial charge in [-0.15, -0.1) is 0 Å². The van der Waals surface area contributed by atoms with Crippen molar-refractivity contribution in [3.8, 4) is 23.0 Å².